The second-order valence-corrected chi connectivity index (χ2v) is 6.55. The summed E-state index contributed by atoms with van der Waals surface area (Å²) in [7, 11) is 0. The Morgan fingerprint density at radius 3 is 2.54 bits per heavy atom. The average molecular weight is 363 g/mol. The van der Waals surface area contributed by atoms with Gasteiger partial charge in [0.2, 0.25) is 0 Å². The maximum absolute atomic E-state index is 12.6. The van der Waals surface area contributed by atoms with E-state index in [1.54, 1.807) is 18.2 Å². The number of nitrogens with zero attached hydrogens (tertiary/aromatic N) is 2. The maximum atomic E-state index is 12.6. The van der Waals surface area contributed by atoms with Crippen LogP contribution in [0, 0.1) is 18.3 Å². The Bertz CT molecular complexity index is 1240. The van der Waals surface area contributed by atoms with Crippen molar-refractivity contribution in [1.29, 1.82) is 5.26 Å². The lowest BCUT2D eigenvalue weighted by Crippen LogP contribution is -2.13. The highest BCUT2D eigenvalue weighted by Gasteiger charge is 2.12. The molecule has 0 unspecified atom stereocenters. The van der Waals surface area contributed by atoms with Crippen molar-refractivity contribution in [2.75, 3.05) is 5.32 Å². The molecule has 0 aliphatic heterocycles. The minimum absolute atomic E-state index is 0.292. The largest absolute Gasteiger partial charge is 0.307 e. The van der Waals surface area contributed by atoms with Crippen LogP contribution in [0.25, 0.3) is 21.9 Å². The van der Waals surface area contributed by atoms with Gasteiger partial charge in [0, 0.05) is 11.3 Å². The summed E-state index contributed by atoms with van der Waals surface area (Å²) < 4.78 is 0. The molecule has 4 rings (SSSR count). The standard InChI is InChI=1S/C24H17N3O/c1-16-5-4-8-23(26-16)27-24(28)20-11-12-22(21(14-20)15-25)19-10-9-17-6-2-3-7-18(17)13-19/h2-14H,1H3,(H,26,27,28). The third-order valence-corrected chi connectivity index (χ3v) is 4.59. The van der Waals surface area contributed by atoms with Crippen LogP contribution in [0.2, 0.25) is 0 Å². The van der Waals surface area contributed by atoms with Gasteiger partial charge in [-0.05, 0) is 59.2 Å². The molecule has 0 aliphatic rings. The number of anilines is 1. The Morgan fingerprint density at radius 1 is 0.929 bits per heavy atom. The first-order chi connectivity index (χ1) is 13.6. The van der Waals surface area contributed by atoms with E-state index in [-0.39, 0.29) is 5.91 Å². The average Bonchev–Trinajstić information content (AvgIpc) is 2.73. The Hall–Kier alpha value is -3.97. The number of nitrogens with one attached hydrogen (secondary N) is 1. The molecule has 0 aliphatic carbocycles. The van der Waals surface area contributed by atoms with E-state index < -0.39 is 0 Å². The first-order valence-electron chi connectivity index (χ1n) is 8.92. The van der Waals surface area contributed by atoms with Crippen LogP contribution < -0.4 is 5.32 Å². The van der Waals surface area contributed by atoms with Crippen molar-refractivity contribution in [2.45, 2.75) is 6.92 Å². The molecule has 0 radical (unpaired) electrons. The molecule has 1 N–H and O–H groups in total. The van der Waals surface area contributed by atoms with Gasteiger partial charge in [-0.15, -0.1) is 0 Å². The van der Waals surface area contributed by atoms with E-state index in [1.165, 1.54) is 0 Å². The lowest BCUT2D eigenvalue weighted by atomic mass is 9.96. The zero-order valence-corrected chi connectivity index (χ0v) is 15.3. The molecule has 1 aromatic heterocycles. The molecule has 1 heterocycles. The third-order valence-electron chi connectivity index (χ3n) is 4.59. The smallest absolute Gasteiger partial charge is 0.256 e. The van der Waals surface area contributed by atoms with Crippen LogP contribution in [0.15, 0.2) is 78.9 Å². The minimum Gasteiger partial charge on any atom is -0.307 e. The molecule has 4 heteroatoms. The summed E-state index contributed by atoms with van der Waals surface area (Å²) in [6.45, 7) is 1.86. The summed E-state index contributed by atoms with van der Waals surface area (Å²) in [6, 6.07) is 27.0. The molecule has 1 amide bonds. The van der Waals surface area contributed by atoms with E-state index in [1.807, 2.05) is 55.5 Å². The number of hydrogen-bond donors (Lipinski definition) is 1. The van der Waals surface area contributed by atoms with Gasteiger partial charge in [0.05, 0.1) is 11.6 Å². The summed E-state index contributed by atoms with van der Waals surface area (Å²) in [6.07, 6.45) is 0. The number of nitriles is 1. The molecule has 4 aromatic rings. The van der Waals surface area contributed by atoms with Gasteiger partial charge in [-0.1, -0.05) is 48.5 Å². The van der Waals surface area contributed by atoms with Crippen LogP contribution in [-0.2, 0) is 0 Å². The van der Waals surface area contributed by atoms with Gasteiger partial charge in [-0.2, -0.15) is 5.26 Å². The Morgan fingerprint density at radius 2 is 1.75 bits per heavy atom. The lowest BCUT2D eigenvalue weighted by Gasteiger charge is -2.09. The quantitative estimate of drug-likeness (QED) is 0.535. The fourth-order valence-electron chi connectivity index (χ4n) is 3.19. The number of hydrogen-bond acceptors (Lipinski definition) is 3. The van der Waals surface area contributed by atoms with Crippen LogP contribution in [-0.4, -0.2) is 10.9 Å². The number of benzene rings is 3. The first kappa shape index (κ1) is 17.4. The fourth-order valence-corrected chi connectivity index (χ4v) is 3.19. The van der Waals surface area contributed by atoms with Crippen molar-refractivity contribution >= 4 is 22.5 Å². The van der Waals surface area contributed by atoms with Crippen molar-refractivity contribution in [2.24, 2.45) is 0 Å². The number of carbonyl (C=O) groups is 1. The molecule has 0 atom stereocenters. The summed E-state index contributed by atoms with van der Waals surface area (Å²) >= 11 is 0. The third kappa shape index (κ3) is 3.46. The monoisotopic (exact) mass is 363 g/mol. The van der Waals surface area contributed by atoms with Crippen LogP contribution in [0.4, 0.5) is 5.82 Å². The van der Waals surface area contributed by atoms with Gasteiger partial charge in [-0.3, -0.25) is 4.79 Å². The number of aryl methyl sites for hydroxylation is 1. The van der Waals surface area contributed by atoms with E-state index in [9.17, 15) is 10.1 Å². The Balaban J connectivity index is 1.67. The van der Waals surface area contributed by atoms with Crippen molar-refractivity contribution in [3.8, 4) is 17.2 Å². The molecule has 0 spiro atoms. The maximum Gasteiger partial charge on any atom is 0.256 e. The van der Waals surface area contributed by atoms with Crippen LogP contribution in [0.5, 0.6) is 0 Å². The zero-order chi connectivity index (χ0) is 19.5. The number of rotatable bonds is 3. The van der Waals surface area contributed by atoms with E-state index in [0.29, 0.717) is 16.9 Å². The van der Waals surface area contributed by atoms with Gasteiger partial charge in [0.1, 0.15) is 5.82 Å². The number of aromatic nitrogens is 1. The SMILES string of the molecule is Cc1cccc(NC(=O)c2ccc(-c3ccc4ccccc4c3)c(C#N)c2)n1. The number of pyridine rings is 1. The Kier molecular flexibility index (Phi) is 4.57. The molecular formula is C24H17N3O. The van der Waals surface area contributed by atoms with Gasteiger partial charge in [-0.25, -0.2) is 4.98 Å². The van der Waals surface area contributed by atoms with E-state index in [4.69, 9.17) is 0 Å². The van der Waals surface area contributed by atoms with Gasteiger partial charge in [0.25, 0.3) is 5.91 Å². The number of fused-ring (bicyclic) bond motifs is 1. The predicted molar refractivity (Wildman–Crippen MR) is 111 cm³/mol. The highest BCUT2D eigenvalue weighted by atomic mass is 16.1. The summed E-state index contributed by atoms with van der Waals surface area (Å²) in [4.78, 5) is 16.8. The molecule has 28 heavy (non-hydrogen) atoms. The number of carbonyl (C=O) groups excluding carboxylic acids is 1. The predicted octanol–water partition coefficient (Wildman–Crippen LogP) is 5.33. The van der Waals surface area contributed by atoms with Crippen LogP contribution in [0.1, 0.15) is 21.6 Å². The van der Waals surface area contributed by atoms with Gasteiger partial charge >= 0.3 is 0 Å². The van der Waals surface area contributed by atoms with Gasteiger partial charge in [0.15, 0.2) is 0 Å². The molecular weight excluding hydrogens is 346 g/mol. The second-order valence-electron chi connectivity index (χ2n) is 6.55. The zero-order valence-electron chi connectivity index (χ0n) is 15.3. The molecule has 134 valence electrons. The van der Waals surface area contributed by atoms with E-state index >= 15 is 0 Å². The number of amides is 1. The molecule has 4 nitrogen and oxygen atoms in total. The minimum atomic E-state index is -0.292. The summed E-state index contributed by atoms with van der Waals surface area (Å²) in [5, 5.41) is 14.7. The van der Waals surface area contributed by atoms with E-state index in [0.717, 1.165) is 27.6 Å². The molecule has 0 saturated carbocycles. The highest BCUT2D eigenvalue weighted by Crippen LogP contribution is 2.28. The second kappa shape index (κ2) is 7.34. The van der Waals surface area contributed by atoms with Gasteiger partial charge < -0.3 is 5.32 Å². The lowest BCUT2D eigenvalue weighted by molar-refractivity contribution is 0.102. The summed E-state index contributed by atoms with van der Waals surface area (Å²) in [5.74, 6) is 0.196. The molecule has 0 fully saturated rings. The van der Waals surface area contributed by atoms with E-state index in [2.05, 4.69) is 28.5 Å². The topological polar surface area (TPSA) is 65.8 Å². The van der Waals surface area contributed by atoms with Crippen molar-refractivity contribution in [1.82, 2.24) is 4.98 Å². The molecule has 0 bridgehead atoms. The highest BCUT2D eigenvalue weighted by molar-refractivity contribution is 6.04. The first-order valence-corrected chi connectivity index (χ1v) is 8.92. The van der Waals surface area contributed by atoms with Crippen LogP contribution >= 0.6 is 0 Å². The fraction of sp³-hybridized carbons (Fsp3) is 0.0417. The Labute approximate surface area is 163 Å². The van der Waals surface area contributed by atoms with Crippen molar-refractivity contribution in [3.63, 3.8) is 0 Å². The molecule has 3 aromatic carbocycles. The van der Waals surface area contributed by atoms with Crippen molar-refractivity contribution < 1.29 is 4.79 Å². The summed E-state index contributed by atoms with van der Waals surface area (Å²) in [5.41, 5.74) is 3.45. The normalized spacial score (nSPS) is 10.4. The van der Waals surface area contributed by atoms with Crippen molar-refractivity contribution in [3.05, 3.63) is 95.7 Å². The molecule has 0 saturated heterocycles. The van der Waals surface area contributed by atoms with Crippen LogP contribution in [0.3, 0.4) is 0 Å².